The van der Waals surface area contributed by atoms with Gasteiger partial charge in [-0.2, -0.15) is 4.98 Å². The first-order chi connectivity index (χ1) is 15.6. The van der Waals surface area contributed by atoms with Gasteiger partial charge in [0.25, 0.3) is 11.9 Å². The molecular weight excluding hydrogens is 446 g/mol. The fourth-order valence-electron chi connectivity index (χ4n) is 3.45. The number of ether oxygens (including phenoxy) is 1. The Labute approximate surface area is 193 Å². The molecule has 2 aromatic heterocycles. The molecule has 2 N–H and O–H groups in total. The number of aromatic nitrogens is 3. The van der Waals surface area contributed by atoms with E-state index in [0.29, 0.717) is 15.8 Å². The third kappa shape index (κ3) is 3.98. The minimum absolute atomic E-state index is 0.232. The van der Waals surface area contributed by atoms with E-state index in [1.165, 1.54) is 11.3 Å². The average molecular weight is 464 g/mol. The number of halogens is 1. The van der Waals surface area contributed by atoms with Crippen LogP contribution < -0.4 is 15.4 Å². The Morgan fingerprint density at radius 2 is 1.94 bits per heavy atom. The molecule has 160 valence electrons. The van der Waals surface area contributed by atoms with Crippen LogP contribution in [0.5, 0.6) is 5.75 Å². The van der Waals surface area contributed by atoms with Crippen molar-refractivity contribution < 1.29 is 9.53 Å². The summed E-state index contributed by atoms with van der Waals surface area (Å²) in [6.07, 6.45) is 2.07. The summed E-state index contributed by atoms with van der Waals surface area (Å²) in [5.74, 6) is 1.29. The van der Waals surface area contributed by atoms with E-state index >= 15 is 0 Å². The van der Waals surface area contributed by atoms with Crippen LogP contribution in [0.1, 0.15) is 26.8 Å². The number of hydrogen-bond acceptors (Lipinski definition) is 6. The molecule has 5 rings (SSSR count). The van der Waals surface area contributed by atoms with E-state index in [1.807, 2.05) is 60.0 Å². The number of carbonyl (C=O) groups is 1. The van der Waals surface area contributed by atoms with Gasteiger partial charge in [-0.3, -0.25) is 10.1 Å². The summed E-state index contributed by atoms with van der Waals surface area (Å²) >= 11 is 7.42. The molecule has 1 aliphatic heterocycles. The maximum absolute atomic E-state index is 12.5. The third-order valence-electron chi connectivity index (χ3n) is 5.05. The van der Waals surface area contributed by atoms with E-state index in [1.54, 1.807) is 17.9 Å². The molecule has 1 unspecified atom stereocenters. The lowest BCUT2D eigenvalue weighted by molar-refractivity contribution is 0.102. The van der Waals surface area contributed by atoms with Gasteiger partial charge in [-0.15, -0.1) is 16.4 Å². The molecule has 1 aliphatic rings. The number of nitrogens with one attached hydrogen (secondary N) is 2. The lowest BCUT2D eigenvalue weighted by Crippen LogP contribution is -2.20. The molecule has 0 spiro atoms. The summed E-state index contributed by atoms with van der Waals surface area (Å²) in [5, 5.41) is 13.2. The number of nitrogens with zero attached hydrogens (tertiary/aromatic N) is 3. The van der Waals surface area contributed by atoms with Crippen molar-refractivity contribution in [1.82, 2.24) is 14.8 Å². The molecule has 1 atom stereocenters. The van der Waals surface area contributed by atoms with Crippen LogP contribution >= 0.6 is 22.9 Å². The first kappa shape index (κ1) is 20.3. The molecule has 0 saturated heterocycles. The van der Waals surface area contributed by atoms with Crippen LogP contribution in [-0.2, 0) is 0 Å². The van der Waals surface area contributed by atoms with E-state index in [2.05, 4.69) is 26.8 Å². The SMILES string of the molecule is COc1ccc(C2C=C(c3ccc(Cl)cc3)Nc3nc(NC(=O)c4cccs4)nn32)cc1. The fraction of sp³-hybridized carbons (Fsp3) is 0.0870. The second-order valence-electron chi connectivity index (χ2n) is 7.07. The van der Waals surface area contributed by atoms with Crippen molar-refractivity contribution in [3.63, 3.8) is 0 Å². The monoisotopic (exact) mass is 463 g/mol. The quantitative estimate of drug-likeness (QED) is 0.419. The molecular formula is C23H18ClN5O2S. The Morgan fingerprint density at radius 3 is 2.62 bits per heavy atom. The van der Waals surface area contributed by atoms with Crippen molar-refractivity contribution in [3.05, 3.63) is 93.1 Å². The molecule has 1 amide bonds. The van der Waals surface area contributed by atoms with Crippen LogP contribution in [0.25, 0.3) is 5.70 Å². The number of amides is 1. The van der Waals surface area contributed by atoms with Gasteiger partial charge in [0, 0.05) is 10.7 Å². The summed E-state index contributed by atoms with van der Waals surface area (Å²) in [6, 6.07) is 18.7. The zero-order valence-electron chi connectivity index (χ0n) is 16.9. The zero-order chi connectivity index (χ0) is 22.1. The lowest BCUT2D eigenvalue weighted by atomic mass is 10.0. The number of hydrogen-bond donors (Lipinski definition) is 2. The van der Waals surface area contributed by atoms with Crippen molar-refractivity contribution in [3.8, 4) is 5.75 Å². The zero-order valence-corrected chi connectivity index (χ0v) is 18.5. The van der Waals surface area contributed by atoms with E-state index in [0.717, 1.165) is 22.6 Å². The fourth-order valence-corrected chi connectivity index (χ4v) is 4.20. The van der Waals surface area contributed by atoms with Gasteiger partial charge in [-0.05, 0) is 52.9 Å². The van der Waals surface area contributed by atoms with Crippen LogP contribution in [0.4, 0.5) is 11.9 Å². The Hall–Kier alpha value is -3.62. The highest BCUT2D eigenvalue weighted by molar-refractivity contribution is 7.12. The Balaban J connectivity index is 1.52. The molecule has 32 heavy (non-hydrogen) atoms. The largest absolute Gasteiger partial charge is 0.497 e. The maximum Gasteiger partial charge on any atom is 0.268 e. The van der Waals surface area contributed by atoms with Crippen LogP contribution in [0, 0.1) is 0 Å². The molecule has 0 radical (unpaired) electrons. The lowest BCUT2D eigenvalue weighted by Gasteiger charge is -2.24. The molecule has 4 aromatic rings. The summed E-state index contributed by atoms with van der Waals surface area (Å²) in [7, 11) is 1.64. The molecule has 2 aromatic carbocycles. The first-order valence-electron chi connectivity index (χ1n) is 9.81. The summed E-state index contributed by atoms with van der Waals surface area (Å²) < 4.78 is 7.04. The first-order valence-corrected chi connectivity index (χ1v) is 11.1. The number of fused-ring (bicyclic) bond motifs is 1. The Morgan fingerprint density at radius 1 is 1.16 bits per heavy atom. The summed E-state index contributed by atoms with van der Waals surface area (Å²) in [6.45, 7) is 0. The molecule has 0 saturated carbocycles. The van der Waals surface area contributed by atoms with Gasteiger partial charge >= 0.3 is 0 Å². The van der Waals surface area contributed by atoms with Gasteiger partial charge in [0.05, 0.1) is 12.0 Å². The smallest absolute Gasteiger partial charge is 0.268 e. The van der Waals surface area contributed by atoms with Crippen molar-refractivity contribution in [2.45, 2.75) is 6.04 Å². The Bertz CT molecular complexity index is 1280. The number of anilines is 2. The maximum atomic E-state index is 12.5. The van der Waals surface area contributed by atoms with Crippen LogP contribution in [0.2, 0.25) is 5.02 Å². The Kier molecular flexibility index (Phi) is 5.38. The number of rotatable bonds is 5. The summed E-state index contributed by atoms with van der Waals surface area (Å²) in [4.78, 5) is 17.6. The standard InChI is InChI=1S/C23H18ClN5O2S/c1-31-17-10-6-15(7-11-17)19-13-18(14-4-8-16(24)9-5-14)25-23-27-22(28-29(19)23)26-21(30)20-3-2-12-32-20/h2-13,19H,1H3,(H2,25,26,27,28,30). The highest BCUT2D eigenvalue weighted by atomic mass is 35.5. The highest BCUT2D eigenvalue weighted by Crippen LogP contribution is 2.34. The predicted molar refractivity (Wildman–Crippen MR) is 126 cm³/mol. The second-order valence-corrected chi connectivity index (χ2v) is 8.45. The number of methoxy groups -OCH3 is 1. The van der Waals surface area contributed by atoms with E-state index in [-0.39, 0.29) is 17.9 Å². The third-order valence-corrected chi connectivity index (χ3v) is 6.17. The molecule has 9 heteroatoms. The van der Waals surface area contributed by atoms with Gasteiger partial charge in [-0.1, -0.05) is 41.9 Å². The van der Waals surface area contributed by atoms with Gasteiger partial charge in [0.1, 0.15) is 11.8 Å². The van der Waals surface area contributed by atoms with Crippen molar-refractivity contribution >= 4 is 46.4 Å². The molecule has 0 bridgehead atoms. The number of benzene rings is 2. The number of carbonyl (C=O) groups excluding carboxylic acids is 1. The van der Waals surface area contributed by atoms with Gasteiger partial charge < -0.3 is 10.1 Å². The number of allylic oxidation sites excluding steroid dienone is 1. The van der Waals surface area contributed by atoms with Gasteiger partial charge in [0.2, 0.25) is 5.95 Å². The van der Waals surface area contributed by atoms with Crippen molar-refractivity contribution in [2.75, 3.05) is 17.7 Å². The van der Waals surface area contributed by atoms with Crippen LogP contribution in [0.3, 0.4) is 0 Å². The van der Waals surface area contributed by atoms with Gasteiger partial charge in [-0.25, -0.2) is 4.68 Å². The van der Waals surface area contributed by atoms with Gasteiger partial charge in [0.15, 0.2) is 0 Å². The van der Waals surface area contributed by atoms with E-state index < -0.39 is 0 Å². The molecule has 0 aliphatic carbocycles. The molecule has 3 heterocycles. The molecule has 7 nitrogen and oxygen atoms in total. The molecule has 0 fully saturated rings. The van der Waals surface area contributed by atoms with Crippen LogP contribution in [-0.4, -0.2) is 27.8 Å². The second kappa shape index (κ2) is 8.49. The van der Waals surface area contributed by atoms with Crippen molar-refractivity contribution in [1.29, 1.82) is 0 Å². The van der Waals surface area contributed by atoms with E-state index in [4.69, 9.17) is 16.3 Å². The predicted octanol–water partition coefficient (Wildman–Crippen LogP) is 5.31. The van der Waals surface area contributed by atoms with E-state index in [9.17, 15) is 4.79 Å². The van der Waals surface area contributed by atoms with Crippen molar-refractivity contribution in [2.24, 2.45) is 0 Å². The number of thiophene rings is 1. The minimum atomic E-state index is -0.241. The average Bonchev–Trinajstić information content (AvgIpc) is 3.49. The normalized spacial score (nSPS) is 14.8. The minimum Gasteiger partial charge on any atom is -0.497 e. The van der Waals surface area contributed by atoms with Crippen LogP contribution in [0.15, 0.2) is 72.1 Å². The summed E-state index contributed by atoms with van der Waals surface area (Å²) in [5.41, 5.74) is 2.84. The highest BCUT2D eigenvalue weighted by Gasteiger charge is 2.26. The topological polar surface area (TPSA) is 81.1 Å².